The number of nitrogens with zero attached hydrogens (tertiary/aromatic N) is 1. The van der Waals surface area contributed by atoms with Gasteiger partial charge in [-0.3, -0.25) is 0 Å². The van der Waals surface area contributed by atoms with E-state index in [0.717, 1.165) is 12.1 Å². The minimum atomic E-state index is -5.52. The lowest BCUT2D eigenvalue weighted by Gasteiger charge is -2.30. The van der Waals surface area contributed by atoms with Gasteiger partial charge in [-0.2, -0.15) is 43.2 Å². The number of benzene rings is 1. The maximum absolute atomic E-state index is 12.3. The molecule has 0 saturated heterocycles. The van der Waals surface area contributed by atoms with Crippen LogP contribution in [0.15, 0.2) is 24.3 Å². The van der Waals surface area contributed by atoms with Crippen LogP contribution in [0.1, 0.15) is 11.1 Å². The fourth-order valence-corrected chi connectivity index (χ4v) is 1.23. The van der Waals surface area contributed by atoms with Crippen LogP contribution in [0, 0.1) is 17.2 Å². The summed E-state index contributed by atoms with van der Waals surface area (Å²) in [6.45, 7) is 0. The van der Waals surface area contributed by atoms with Crippen LogP contribution in [0.3, 0.4) is 0 Å². The highest BCUT2D eigenvalue weighted by atomic mass is 19.4. The van der Waals surface area contributed by atoms with Gasteiger partial charge in [0.15, 0.2) is 0 Å². The van der Waals surface area contributed by atoms with Crippen LogP contribution >= 0.6 is 0 Å². The van der Waals surface area contributed by atoms with Gasteiger partial charge >= 0.3 is 12.4 Å². The summed E-state index contributed by atoms with van der Waals surface area (Å²) in [6, 6.07) is 4.78. The third-order valence-electron chi connectivity index (χ3n) is 1.85. The first kappa shape index (κ1) is 13.2. The van der Waals surface area contributed by atoms with E-state index in [1.54, 1.807) is 0 Å². The minimum absolute atomic E-state index is 0.270. The van der Waals surface area contributed by atoms with Gasteiger partial charge in [0.05, 0.1) is 6.07 Å². The first-order valence-corrected chi connectivity index (χ1v) is 4.18. The molecule has 0 heterocycles. The highest BCUT2D eigenvalue weighted by molar-refractivity contribution is 5.42. The summed E-state index contributed by atoms with van der Waals surface area (Å²) in [4.78, 5) is 0. The average Bonchev–Trinajstić information content (AvgIpc) is 2.13. The quantitative estimate of drug-likeness (QED) is 0.553. The van der Waals surface area contributed by atoms with Crippen molar-refractivity contribution in [3.8, 4) is 6.07 Å². The molecular formula is C10H4F6N-. The lowest BCUT2D eigenvalue weighted by Crippen LogP contribution is -2.35. The maximum Gasteiger partial charge on any atom is 0.375 e. The molecule has 0 unspecified atom stereocenters. The molecule has 1 nitrogen and oxygen atoms in total. The largest absolute Gasteiger partial charge is 0.375 e. The summed E-state index contributed by atoms with van der Waals surface area (Å²) in [5, 5.41) is 8.43. The topological polar surface area (TPSA) is 23.8 Å². The minimum Gasteiger partial charge on any atom is -0.194 e. The number of alkyl halides is 6. The van der Waals surface area contributed by atoms with Gasteiger partial charge < -0.3 is 0 Å². The molecule has 0 bridgehead atoms. The van der Waals surface area contributed by atoms with Gasteiger partial charge in [-0.05, 0) is 5.56 Å². The third-order valence-corrected chi connectivity index (χ3v) is 1.85. The van der Waals surface area contributed by atoms with Crippen molar-refractivity contribution in [2.24, 2.45) is 0 Å². The van der Waals surface area contributed by atoms with Crippen molar-refractivity contribution in [1.29, 1.82) is 5.26 Å². The standard InChI is InChI=1S/C10H4F6N/c11-9(12,13)8(10(14,15)16)7-3-1-2-6(4-7)5-17/h1-4H/q-1. The van der Waals surface area contributed by atoms with Crippen molar-refractivity contribution in [1.82, 2.24) is 0 Å². The number of hydrogen-bond donors (Lipinski definition) is 0. The van der Waals surface area contributed by atoms with Crippen molar-refractivity contribution in [2.75, 3.05) is 0 Å². The van der Waals surface area contributed by atoms with E-state index in [1.165, 1.54) is 6.07 Å². The zero-order valence-corrected chi connectivity index (χ0v) is 8.02. The molecule has 0 N–H and O–H groups in total. The maximum atomic E-state index is 12.3. The highest BCUT2D eigenvalue weighted by Crippen LogP contribution is 2.45. The van der Waals surface area contributed by atoms with Crippen molar-refractivity contribution < 1.29 is 26.3 Å². The van der Waals surface area contributed by atoms with Crippen LogP contribution in [0.5, 0.6) is 0 Å². The van der Waals surface area contributed by atoms with E-state index in [4.69, 9.17) is 5.26 Å². The predicted octanol–water partition coefficient (Wildman–Crippen LogP) is 3.61. The highest BCUT2D eigenvalue weighted by Gasteiger charge is 2.51. The van der Waals surface area contributed by atoms with Crippen LogP contribution in [0.2, 0.25) is 0 Å². The van der Waals surface area contributed by atoms with Gasteiger partial charge in [0, 0.05) is 5.92 Å². The van der Waals surface area contributed by atoms with Crippen LogP contribution < -0.4 is 0 Å². The third kappa shape index (κ3) is 3.06. The van der Waals surface area contributed by atoms with Gasteiger partial charge in [0.25, 0.3) is 0 Å². The normalized spacial score (nSPS) is 12.1. The molecule has 0 aliphatic carbocycles. The Kier molecular flexibility index (Phi) is 3.27. The second-order valence-corrected chi connectivity index (χ2v) is 3.06. The molecular weight excluding hydrogens is 248 g/mol. The van der Waals surface area contributed by atoms with Crippen molar-refractivity contribution >= 4 is 0 Å². The Morgan fingerprint density at radius 3 is 1.94 bits per heavy atom. The Labute approximate surface area is 92.3 Å². The summed E-state index contributed by atoms with van der Waals surface area (Å²) in [6.07, 6.45) is -11.0. The van der Waals surface area contributed by atoms with Gasteiger partial charge in [-0.1, -0.05) is 6.07 Å². The van der Waals surface area contributed by atoms with E-state index in [-0.39, 0.29) is 5.56 Å². The van der Waals surface area contributed by atoms with E-state index in [1.807, 2.05) is 0 Å². The Hall–Kier alpha value is -1.84. The Morgan fingerprint density at radius 2 is 1.53 bits per heavy atom. The smallest absolute Gasteiger partial charge is 0.194 e. The van der Waals surface area contributed by atoms with E-state index in [0.29, 0.717) is 12.1 Å². The molecule has 0 spiro atoms. The summed E-state index contributed by atoms with van der Waals surface area (Å²) < 4.78 is 73.8. The molecule has 0 saturated carbocycles. The molecule has 0 aliphatic heterocycles. The van der Waals surface area contributed by atoms with Gasteiger partial charge in [-0.15, -0.1) is 12.1 Å². The number of nitriles is 1. The second-order valence-electron chi connectivity index (χ2n) is 3.06. The lowest BCUT2D eigenvalue weighted by atomic mass is 9.96. The molecule has 92 valence electrons. The molecule has 1 rings (SSSR count). The zero-order chi connectivity index (χ0) is 13.3. The van der Waals surface area contributed by atoms with Crippen molar-refractivity contribution in [3.05, 3.63) is 41.3 Å². The average molecular weight is 252 g/mol. The number of halogens is 6. The molecule has 17 heavy (non-hydrogen) atoms. The fraction of sp³-hybridized carbons (Fsp3) is 0.200. The van der Waals surface area contributed by atoms with Crippen molar-refractivity contribution in [2.45, 2.75) is 12.4 Å². The number of hydrogen-bond acceptors (Lipinski definition) is 1. The number of rotatable bonds is 1. The van der Waals surface area contributed by atoms with E-state index in [2.05, 4.69) is 0 Å². The first-order chi connectivity index (χ1) is 7.66. The summed E-state index contributed by atoms with van der Waals surface area (Å²) >= 11 is 0. The van der Waals surface area contributed by atoms with Crippen LogP contribution in [-0.2, 0) is 0 Å². The molecule has 7 heteroatoms. The second kappa shape index (κ2) is 4.20. The predicted molar refractivity (Wildman–Crippen MR) is 45.6 cm³/mol. The summed E-state index contributed by atoms with van der Waals surface area (Å²) in [7, 11) is 0. The van der Waals surface area contributed by atoms with Gasteiger partial charge in [0.2, 0.25) is 0 Å². The SMILES string of the molecule is N#Cc1cccc([C-](C(F)(F)F)C(F)(F)F)c1. The molecule has 0 radical (unpaired) electrons. The Balaban J connectivity index is 3.29. The Bertz CT molecular complexity index is 425. The first-order valence-electron chi connectivity index (χ1n) is 4.18. The van der Waals surface area contributed by atoms with E-state index in [9.17, 15) is 26.3 Å². The van der Waals surface area contributed by atoms with Gasteiger partial charge in [0.1, 0.15) is 0 Å². The van der Waals surface area contributed by atoms with Gasteiger partial charge in [-0.25, -0.2) is 0 Å². The zero-order valence-electron chi connectivity index (χ0n) is 8.02. The Morgan fingerprint density at radius 1 is 1.00 bits per heavy atom. The molecule has 0 atom stereocenters. The van der Waals surface area contributed by atoms with Crippen LogP contribution in [0.25, 0.3) is 0 Å². The summed E-state index contributed by atoms with van der Waals surface area (Å²) in [5.74, 6) is -2.61. The molecule has 0 aliphatic rings. The fourth-order valence-electron chi connectivity index (χ4n) is 1.23. The molecule has 1 aromatic rings. The van der Waals surface area contributed by atoms with Crippen molar-refractivity contribution in [3.63, 3.8) is 0 Å². The molecule has 0 fully saturated rings. The molecule has 1 aromatic carbocycles. The van der Waals surface area contributed by atoms with E-state index < -0.39 is 23.8 Å². The molecule has 0 amide bonds. The van der Waals surface area contributed by atoms with Crippen LogP contribution in [-0.4, -0.2) is 12.4 Å². The molecule has 0 aromatic heterocycles. The van der Waals surface area contributed by atoms with Crippen LogP contribution in [0.4, 0.5) is 26.3 Å². The van der Waals surface area contributed by atoms with E-state index >= 15 is 0 Å². The lowest BCUT2D eigenvalue weighted by molar-refractivity contribution is -0.197. The summed E-state index contributed by atoms with van der Waals surface area (Å²) in [5.41, 5.74) is -1.34. The monoisotopic (exact) mass is 252 g/mol.